The van der Waals surface area contributed by atoms with Gasteiger partial charge in [0.2, 0.25) is 0 Å². The zero-order valence-corrected chi connectivity index (χ0v) is 12.5. The molecule has 1 saturated heterocycles. The third-order valence-electron chi connectivity index (χ3n) is 5.25. The van der Waals surface area contributed by atoms with Gasteiger partial charge in [-0.25, -0.2) is 0 Å². The van der Waals surface area contributed by atoms with Crippen LogP contribution in [-0.4, -0.2) is 35.6 Å². The standard InChI is InChI=1S/C16H29NO2/c1-3-4-13-5-7-14(8-6-13)11-17-10-9-16(2,12-17)15(18)19/h13-14H,3-12H2,1-2H3,(H,18,19). The molecule has 1 atom stereocenters. The largest absolute Gasteiger partial charge is 0.481 e. The van der Waals surface area contributed by atoms with Crippen molar-refractivity contribution >= 4 is 5.97 Å². The average molecular weight is 267 g/mol. The van der Waals surface area contributed by atoms with Crippen LogP contribution in [0, 0.1) is 17.3 Å². The normalized spacial score (nSPS) is 36.5. The molecule has 2 aliphatic rings. The van der Waals surface area contributed by atoms with Crippen LogP contribution in [0.25, 0.3) is 0 Å². The molecule has 1 aliphatic carbocycles. The van der Waals surface area contributed by atoms with Gasteiger partial charge in [0, 0.05) is 13.1 Å². The van der Waals surface area contributed by atoms with Crippen LogP contribution in [-0.2, 0) is 4.79 Å². The van der Waals surface area contributed by atoms with Gasteiger partial charge in [-0.05, 0) is 44.6 Å². The highest BCUT2D eigenvalue weighted by Gasteiger charge is 2.40. The van der Waals surface area contributed by atoms with Crippen molar-refractivity contribution in [1.29, 1.82) is 0 Å². The van der Waals surface area contributed by atoms with E-state index >= 15 is 0 Å². The van der Waals surface area contributed by atoms with Crippen molar-refractivity contribution in [2.45, 2.75) is 58.8 Å². The van der Waals surface area contributed by atoms with Crippen molar-refractivity contribution in [3.63, 3.8) is 0 Å². The van der Waals surface area contributed by atoms with Gasteiger partial charge in [-0.3, -0.25) is 4.79 Å². The predicted octanol–water partition coefficient (Wildman–Crippen LogP) is 3.39. The van der Waals surface area contributed by atoms with E-state index in [1.54, 1.807) is 0 Å². The van der Waals surface area contributed by atoms with Crippen LogP contribution in [0.15, 0.2) is 0 Å². The molecule has 3 nitrogen and oxygen atoms in total. The summed E-state index contributed by atoms with van der Waals surface area (Å²) in [5.74, 6) is 1.15. The van der Waals surface area contributed by atoms with Gasteiger partial charge in [0.05, 0.1) is 5.41 Å². The highest BCUT2D eigenvalue weighted by molar-refractivity contribution is 5.74. The van der Waals surface area contributed by atoms with Crippen LogP contribution in [0.1, 0.15) is 58.8 Å². The minimum Gasteiger partial charge on any atom is -0.481 e. The SMILES string of the molecule is CCCC1CCC(CN2CCC(C)(C(=O)O)C2)CC1. The molecule has 2 rings (SSSR count). The second-order valence-corrected chi connectivity index (χ2v) is 7.03. The van der Waals surface area contributed by atoms with Crippen LogP contribution < -0.4 is 0 Å². The summed E-state index contributed by atoms with van der Waals surface area (Å²) in [5, 5.41) is 9.26. The molecular weight excluding hydrogens is 238 g/mol. The molecular formula is C16H29NO2. The Morgan fingerprint density at radius 2 is 1.89 bits per heavy atom. The molecule has 0 aromatic rings. The summed E-state index contributed by atoms with van der Waals surface area (Å²) in [7, 11) is 0. The number of likely N-dealkylation sites (tertiary alicyclic amines) is 1. The lowest BCUT2D eigenvalue weighted by molar-refractivity contribution is -0.147. The second kappa shape index (κ2) is 6.25. The lowest BCUT2D eigenvalue weighted by Gasteiger charge is -2.31. The first-order valence-corrected chi connectivity index (χ1v) is 7.99. The summed E-state index contributed by atoms with van der Waals surface area (Å²) >= 11 is 0. The van der Waals surface area contributed by atoms with Crippen molar-refractivity contribution in [1.82, 2.24) is 4.90 Å². The average Bonchev–Trinajstić information content (AvgIpc) is 2.75. The molecule has 19 heavy (non-hydrogen) atoms. The maximum absolute atomic E-state index is 11.2. The van der Waals surface area contributed by atoms with Crippen molar-refractivity contribution in [3.05, 3.63) is 0 Å². The number of hydrogen-bond acceptors (Lipinski definition) is 2. The van der Waals surface area contributed by atoms with Gasteiger partial charge in [0.25, 0.3) is 0 Å². The maximum atomic E-state index is 11.2. The summed E-state index contributed by atoms with van der Waals surface area (Å²) in [6.07, 6.45) is 9.01. The smallest absolute Gasteiger partial charge is 0.310 e. The molecule has 0 bridgehead atoms. The van der Waals surface area contributed by atoms with Crippen molar-refractivity contribution < 1.29 is 9.90 Å². The summed E-state index contributed by atoms with van der Waals surface area (Å²) in [6.45, 7) is 7.02. The third kappa shape index (κ3) is 3.71. The number of hydrogen-bond donors (Lipinski definition) is 1. The third-order valence-corrected chi connectivity index (χ3v) is 5.25. The van der Waals surface area contributed by atoms with Crippen molar-refractivity contribution in [2.24, 2.45) is 17.3 Å². The van der Waals surface area contributed by atoms with Gasteiger partial charge >= 0.3 is 5.97 Å². The van der Waals surface area contributed by atoms with Gasteiger partial charge < -0.3 is 10.0 Å². The molecule has 3 heteroatoms. The molecule has 110 valence electrons. The summed E-state index contributed by atoms with van der Waals surface area (Å²) in [5.41, 5.74) is -0.501. The van der Waals surface area contributed by atoms with Gasteiger partial charge in [-0.2, -0.15) is 0 Å². The predicted molar refractivity (Wildman–Crippen MR) is 77.2 cm³/mol. The highest BCUT2D eigenvalue weighted by Crippen LogP contribution is 2.35. The number of carboxylic acid groups (broad SMARTS) is 1. The first kappa shape index (κ1) is 14.8. The van der Waals surface area contributed by atoms with Gasteiger partial charge in [0.15, 0.2) is 0 Å². The van der Waals surface area contributed by atoms with Crippen LogP contribution in [0.4, 0.5) is 0 Å². The molecule has 1 aliphatic heterocycles. The molecule has 0 aromatic heterocycles. The fraction of sp³-hybridized carbons (Fsp3) is 0.938. The molecule has 1 heterocycles. The number of carbonyl (C=O) groups is 1. The molecule has 0 aromatic carbocycles. The molecule has 1 N–H and O–H groups in total. The van der Waals surface area contributed by atoms with E-state index in [2.05, 4.69) is 11.8 Å². The Labute approximate surface area is 117 Å². The van der Waals surface area contributed by atoms with Crippen LogP contribution in [0.5, 0.6) is 0 Å². The van der Waals surface area contributed by atoms with Crippen LogP contribution in [0.3, 0.4) is 0 Å². The Bertz CT molecular complexity index is 310. The molecule has 1 saturated carbocycles. The molecule has 0 amide bonds. The first-order valence-electron chi connectivity index (χ1n) is 7.99. The molecule has 2 fully saturated rings. The molecule has 0 radical (unpaired) electrons. The molecule has 0 spiro atoms. The quantitative estimate of drug-likeness (QED) is 0.830. The van der Waals surface area contributed by atoms with E-state index in [4.69, 9.17) is 0 Å². The van der Waals surface area contributed by atoms with Gasteiger partial charge in [-0.1, -0.05) is 32.6 Å². The first-order chi connectivity index (χ1) is 9.03. The summed E-state index contributed by atoms with van der Waals surface area (Å²) < 4.78 is 0. The highest BCUT2D eigenvalue weighted by atomic mass is 16.4. The topological polar surface area (TPSA) is 40.5 Å². The Morgan fingerprint density at radius 1 is 1.26 bits per heavy atom. The van der Waals surface area contributed by atoms with Crippen molar-refractivity contribution in [2.75, 3.05) is 19.6 Å². The fourth-order valence-electron chi connectivity index (χ4n) is 3.86. The van der Waals surface area contributed by atoms with E-state index in [0.717, 1.165) is 37.9 Å². The summed E-state index contributed by atoms with van der Waals surface area (Å²) in [4.78, 5) is 13.6. The van der Waals surface area contributed by atoms with Crippen LogP contribution >= 0.6 is 0 Å². The molecule has 1 unspecified atom stereocenters. The Morgan fingerprint density at radius 3 is 2.42 bits per heavy atom. The lowest BCUT2D eigenvalue weighted by Crippen LogP contribution is -2.34. The zero-order valence-electron chi connectivity index (χ0n) is 12.5. The van der Waals surface area contributed by atoms with Crippen LogP contribution in [0.2, 0.25) is 0 Å². The van der Waals surface area contributed by atoms with E-state index in [9.17, 15) is 9.90 Å². The zero-order chi connectivity index (χ0) is 13.9. The fourth-order valence-corrected chi connectivity index (χ4v) is 3.86. The number of rotatable bonds is 5. The maximum Gasteiger partial charge on any atom is 0.310 e. The minimum atomic E-state index is -0.623. The minimum absolute atomic E-state index is 0.501. The van der Waals surface area contributed by atoms with E-state index in [1.165, 1.54) is 38.5 Å². The van der Waals surface area contributed by atoms with E-state index in [0.29, 0.717) is 0 Å². The van der Waals surface area contributed by atoms with E-state index in [1.807, 2.05) is 6.92 Å². The van der Waals surface area contributed by atoms with Crippen molar-refractivity contribution in [3.8, 4) is 0 Å². The number of aliphatic carboxylic acids is 1. The Balaban J connectivity index is 1.74. The van der Waals surface area contributed by atoms with Gasteiger partial charge in [0.1, 0.15) is 0 Å². The van der Waals surface area contributed by atoms with E-state index < -0.39 is 11.4 Å². The van der Waals surface area contributed by atoms with E-state index in [-0.39, 0.29) is 0 Å². The summed E-state index contributed by atoms with van der Waals surface area (Å²) in [6, 6.07) is 0. The Kier molecular flexibility index (Phi) is 4.88. The second-order valence-electron chi connectivity index (χ2n) is 7.03. The monoisotopic (exact) mass is 267 g/mol. The lowest BCUT2D eigenvalue weighted by atomic mass is 9.80. The van der Waals surface area contributed by atoms with Gasteiger partial charge in [-0.15, -0.1) is 0 Å². The Hall–Kier alpha value is -0.570. The number of carboxylic acids is 1. The number of nitrogens with zero attached hydrogens (tertiary/aromatic N) is 1.